The van der Waals surface area contributed by atoms with Crippen molar-refractivity contribution in [1.29, 1.82) is 0 Å². The zero-order valence-electron chi connectivity index (χ0n) is 17.2. The number of aromatic nitrogens is 3. The largest absolute Gasteiger partial charge is 0.466 e. The first-order valence-corrected chi connectivity index (χ1v) is 10.6. The van der Waals surface area contributed by atoms with Gasteiger partial charge in [0.1, 0.15) is 5.82 Å². The van der Waals surface area contributed by atoms with Crippen LogP contribution in [-0.2, 0) is 35.0 Å². The second kappa shape index (κ2) is 11.2. The van der Waals surface area contributed by atoms with Crippen molar-refractivity contribution >= 4 is 13.7 Å². The summed E-state index contributed by atoms with van der Waals surface area (Å²) < 4.78 is 88.1. The molecule has 2 aromatic rings. The van der Waals surface area contributed by atoms with Gasteiger partial charge in [-0.05, 0) is 18.1 Å². The Morgan fingerprint density at radius 3 is 2.21 bits per heavy atom. The number of halogens is 6. The van der Waals surface area contributed by atoms with Crippen molar-refractivity contribution < 1.29 is 50.4 Å². The number of phosphoric acid groups is 1. The van der Waals surface area contributed by atoms with Crippen LogP contribution >= 0.6 is 7.82 Å². The smallest absolute Gasteiger partial charge is 0.344 e. The molecule has 2 heterocycles. The van der Waals surface area contributed by atoms with E-state index in [1.54, 1.807) is 0 Å². The minimum absolute atomic E-state index is 0. The Morgan fingerprint density at radius 2 is 1.65 bits per heavy atom. The predicted octanol–water partition coefficient (Wildman–Crippen LogP) is 1.25. The summed E-state index contributed by atoms with van der Waals surface area (Å²) in [4.78, 5) is 35.2. The average molecular weight is 522 g/mol. The van der Waals surface area contributed by atoms with E-state index < -0.39 is 49.2 Å². The van der Waals surface area contributed by atoms with Gasteiger partial charge in [-0.3, -0.25) is 4.79 Å². The van der Waals surface area contributed by atoms with Crippen molar-refractivity contribution in [3.8, 4) is 0 Å². The summed E-state index contributed by atoms with van der Waals surface area (Å²) in [5.74, 6) is -5.15. The average Bonchev–Trinajstić information content (AvgIpc) is 3.08. The van der Waals surface area contributed by atoms with Gasteiger partial charge in [0.05, 0.1) is 6.54 Å². The van der Waals surface area contributed by atoms with Crippen LogP contribution in [0.5, 0.6) is 0 Å². The number of hydrogen-bond acceptors (Lipinski definition) is 6. The fourth-order valence-corrected chi connectivity index (χ4v) is 3.01. The third-order valence-electron chi connectivity index (χ3n) is 4.37. The van der Waals surface area contributed by atoms with Gasteiger partial charge in [0.25, 0.3) is 0 Å². The highest BCUT2D eigenvalue weighted by Crippen LogP contribution is 2.29. The molecule has 1 aromatic carbocycles. The van der Waals surface area contributed by atoms with Crippen molar-refractivity contribution in [3.63, 3.8) is 0 Å². The monoisotopic (exact) mass is 522 g/mol. The topological polar surface area (TPSA) is 190 Å². The van der Waals surface area contributed by atoms with Gasteiger partial charge in [-0.1, -0.05) is 0 Å². The van der Waals surface area contributed by atoms with E-state index in [4.69, 9.17) is 25.0 Å². The lowest BCUT2D eigenvalue weighted by Crippen LogP contribution is -2.42. The zero-order chi connectivity index (χ0) is 25.1. The second-order valence-electron chi connectivity index (χ2n) is 6.94. The van der Waals surface area contributed by atoms with Crippen LogP contribution in [0.4, 0.5) is 26.3 Å². The molecule has 1 aliphatic rings. The molecule has 3 rings (SSSR count). The Kier molecular flexibility index (Phi) is 9.75. The van der Waals surface area contributed by atoms with Crippen LogP contribution in [-0.4, -0.2) is 52.8 Å². The van der Waals surface area contributed by atoms with Gasteiger partial charge < -0.3 is 36.0 Å². The minimum Gasteiger partial charge on any atom is -0.344 e. The first-order valence-electron chi connectivity index (χ1n) is 9.00. The lowest BCUT2D eigenvalue weighted by Gasteiger charge is -2.29. The molecule has 0 unspecified atom stereocenters. The van der Waals surface area contributed by atoms with Crippen LogP contribution in [0.3, 0.4) is 0 Å². The molecule has 0 fully saturated rings. The van der Waals surface area contributed by atoms with Crippen LogP contribution in [0.2, 0.25) is 0 Å². The molecule has 34 heavy (non-hydrogen) atoms. The summed E-state index contributed by atoms with van der Waals surface area (Å²) in [5.41, 5.74) is 5.64. The molecule has 11 nitrogen and oxygen atoms in total. The Morgan fingerprint density at radius 1 is 1.09 bits per heavy atom. The molecule has 8 N–H and O–H groups in total. The van der Waals surface area contributed by atoms with Gasteiger partial charge >= 0.3 is 14.0 Å². The summed E-state index contributed by atoms with van der Waals surface area (Å²) in [5, 5.41) is 6.60. The van der Waals surface area contributed by atoms with Crippen molar-refractivity contribution in [2.45, 2.75) is 38.1 Å². The van der Waals surface area contributed by atoms with Crippen LogP contribution in [0.1, 0.15) is 23.6 Å². The molecule has 0 radical (unpaired) electrons. The number of carbonyl (C=O) groups excluding carboxylic acids is 1. The summed E-state index contributed by atoms with van der Waals surface area (Å²) in [6.07, 6.45) is -5.11. The number of fused-ring (bicyclic) bond motifs is 1. The number of nitrogens with two attached hydrogens (primary N) is 1. The van der Waals surface area contributed by atoms with Gasteiger partial charge in [-0.25, -0.2) is 17.7 Å². The van der Waals surface area contributed by atoms with E-state index in [1.165, 1.54) is 4.90 Å². The number of amides is 1. The van der Waals surface area contributed by atoms with Crippen LogP contribution in [0, 0.1) is 17.5 Å². The number of alkyl halides is 3. The van der Waals surface area contributed by atoms with Crippen molar-refractivity contribution in [2.75, 3.05) is 6.54 Å². The number of carbonyl (C=O) groups is 1. The number of rotatable bonds is 4. The molecule has 0 saturated heterocycles. The fourth-order valence-electron chi connectivity index (χ4n) is 3.01. The zero-order valence-corrected chi connectivity index (χ0v) is 18.1. The maximum atomic E-state index is 13.7. The van der Waals surface area contributed by atoms with Gasteiger partial charge in [0.2, 0.25) is 11.7 Å². The highest BCUT2D eigenvalue weighted by Gasteiger charge is 2.40. The molecule has 1 amide bonds. The van der Waals surface area contributed by atoms with E-state index in [-0.39, 0.29) is 50.0 Å². The van der Waals surface area contributed by atoms with Crippen LogP contribution in [0.25, 0.3) is 0 Å². The van der Waals surface area contributed by atoms with E-state index in [0.29, 0.717) is 12.1 Å². The Balaban J connectivity index is 0.000000873. The van der Waals surface area contributed by atoms with Crippen molar-refractivity contribution in [2.24, 2.45) is 5.73 Å². The Labute approximate surface area is 188 Å². The molecular formula is C16H21F6N6O5P. The first kappa shape index (κ1) is 29.5. The van der Waals surface area contributed by atoms with Gasteiger partial charge in [-0.15, -0.1) is 10.2 Å². The molecule has 0 bridgehead atoms. The lowest BCUT2D eigenvalue weighted by atomic mass is 10.0. The molecule has 18 heteroatoms. The van der Waals surface area contributed by atoms with E-state index >= 15 is 0 Å². The van der Waals surface area contributed by atoms with E-state index in [2.05, 4.69) is 10.2 Å². The molecule has 1 aromatic heterocycles. The SMILES string of the molecule is N.N[C@@H](CC(=O)N1CCn2c(nnc2C(F)(F)F)C1)Cc1cc(F)c(F)cc1F.O=P(O)(O)O. The standard InChI is InChI=1S/C16H15F6N5O.H3N.H3O4P/c17-10-6-12(19)11(18)4-8(10)3-9(23)5-14(28)26-1-2-27-13(7-26)24-25-15(27)16(20,21)22;;1-5(2,3)4/h4,6,9H,1-3,5,7,23H2;1H3;(H3,1,2,3,4)/t9-;;/m1../s1. The van der Waals surface area contributed by atoms with E-state index in [0.717, 1.165) is 4.57 Å². The third-order valence-corrected chi connectivity index (χ3v) is 4.37. The molecule has 0 saturated carbocycles. The summed E-state index contributed by atoms with van der Waals surface area (Å²) in [6, 6.07) is 0.184. The highest BCUT2D eigenvalue weighted by molar-refractivity contribution is 7.45. The summed E-state index contributed by atoms with van der Waals surface area (Å²) in [6.45, 7) is -0.302. The Bertz CT molecular complexity index is 1050. The highest BCUT2D eigenvalue weighted by atomic mass is 31.2. The van der Waals surface area contributed by atoms with Gasteiger partial charge in [-0.2, -0.15) is 13.2 Å². The van der Waals surface area contributed by atoms with Crippen molar-refractivity contribution in [1.82, 2.24) is 25.8 Å². The maximum absolute atomic E-state index is 13.7. The first-order chi connectivity index (χ1) is 15.1. The summed E-state index contributed by atoms with van der Waals surface area (Å²) in [7, 11) is -4.64. The molecule has 192 valence electrons. The normalized spacial score (nSPS) is 14.5. The van der Waals surface area contributed by atoms with Gasteiger partial charge in [0, 0.05) is 31.6 Å². The van der Waals surface area contributed by atoms with Crippen LogP contribution in [0.15, 0.2) is 12.1 Å². The number of hydrogen-bond donors (Lipinski definition) is 5. The molecule has 1 atom stereocenters. The minimum atomic E-state index is -4.64. The number of nitrogens with zero attached hydrogens (tertiary/aromatic N) is 4. The van der Waals surface area contributed by atoms with E-state index in [1.807, 2.05) is 0 Å². The van der Waals surface area contributed by atoms with Crippen LogP contribution < -0.4 is 11.9 Å². The van der Waals surface area contributed by atoms with Crippen molar-refractivity contribution in [3.05, 3.63) is 46.8 Å². The van der Waals surface area contributed by atoms with Gasteiger partial charge in [0.15, 0.2) is 17.5 Å². The molecule has 1 aliphatic heterocycles. The Hall–Kier alpha value is -2.56. The maximum Gasteiger partial charge on any atom is 0.466 e. The second-order valence-corrected chi connectivity index (χ2v) is 7.97. The molecule has 0 spiro atoms. The molecular weight excluding hydrogens is 501 g/mol. The third kappa shape index (κ3) is 8.34. The lowest BCUT2D eigenvalue weighted by molar-refractivity contribution is -0.148. The number of benzene rings is 1. The fraction of sp³-hybridized carbons (Fsp3) is 0.438. The van der Waals surface area contributed by atoms with E-state index in [9.17, 15) is 31.1 Å². The summed E-state index contributed by atoms with van der Waals surface area (Å²) >= 11 is 0. The predicted molar refractivity (Wildman–Crippen MR) is 102 cm³/mol. The molecule has 0 aliphatic carbocycles. The quantitative estimate of drug-likeness (QED) is 0.224.